The minimum atomic E-state index is 0.816. The molecule has 1 N–H and O–H groups in total. The molecule has 0 aliphatic rings. The zero-order valence-electron chi connectivity index (χ0n) is 4.69. The first kappa shape index (κ1) is 7.28. The van der Waals surface area contributed by atoms with Crippen LogP contribution in [0.25, 0.3) is 0 Å². The molecule has 1 aromatic rings. The van der Waals surface area contributed by atoms with Crippen LogP contribution in [0.15, 0.2) is 6.07 Å². The van der Waals surface area contributed by atoms with Gasteiger partial charge >= 0.3 is 0 Å². The van der Waals surface area contributed by atoms with Crippen molar-refractivity contribution < 1.29 is 0 Å². The van der Waals surface area contributed by atoms with E-state index in [1.807, 2.05) is 6.07 Å². The number of hydrogen-bond acceptors (Lipinski definition) is 1. The molecule has 0 amide bonds. The molecule has 0 aromatic carbocycles. The number of rotatable bonds is 2. The van der Waals surface area contributed by atoms with Crippen LogP contribution in [-0.4, -0.2) is 10.2 Å². The average Bonchev–Trinajstić information content (AvgIpc) is 2.34. The molecule has 0 atom stereocenters. The van der Waals surface area contributed by atoms with Gasteiger partial charge in [-0.25, -0.2) is 0 Å². The van der Waals surface area contributed by atoms with E-state index >= 15 is 0 Å². The predicted molar refractivity (Wildman–Crippen MR) is 43.8 cm³/mol. The summed E-state index contributed by atoms with van der Waals surface area (Å²) in [4.78, 5) is 0. The highest BCUT2D eigenvalue weighted by Gasteiger charge is 1.95. The zero-order valence-corrected chi connectivity index (χ0v) is 7.87. The van der Waals surface area contributed by atoms with Crippen molar-refractivity contribution >= 4 is 31.9 Å². The SMILES string of the molecule is BrCc1cc(CBr)[nH]n1. The zero-order chi connectivity index (χ0) is 6.69. The Balaban J connectivity index is 2.74. The Bertz CT molecular complexity index is 166. The number of H-pyrrole nitrogens is 1. The third kappa shape index (κ3) is 1.79. The van der Waals surface area contributed by atoms with Crippen molar-refractivity contribution in [3.05, 3.63) is 17.5 Å². The van der Waals surface area contributed by atoms with E-state index in [0.717, 1.165) is 22.0 Å². The molecular formula is C5H6Br2N2. The summed E-state index contributed by atoms with van der Waals surface area (Å²) in [6.07, 6.45) is 0. The maximum Gasteiger partial charge on any atom is 0.0730 e. The highest BCUT2D eigenvalue weighted by molar-refractivity contribution is 9.08. The van der Waals surface area contributed by atoms with Gasteiger partial charge in [0.15, 0.2) is 0 Å². The second-order valence-corrected chi connectivity index (χ2v) is 2.77. The first-order valence-corrected chi connectivity index (χ1v) is 4.76. The van der Waals surface area contributed by atoms with E-state index in [-0.39, 0.29) is 0 Å². The van der Waals surface area contributed by atoms with Crippen LogP contribution in [0.1, 0.15) is 11.4 Å². The minimum absolute atomic E-state index is 0.816. The molecule has 2 nitrogen and oxygen atoms in total. The molecule has 0 aliphatic carbocycles. The van der Waals surface area contributed by atoms with Crippen molar-refractivity contribution in [1.29, 1.82) is 0 Å². The summed E-state index contributed by atoms with van der Waals surface area (Å²) in [6.45, 7) is 0. The average molecular weight is 254 g/mol. The van der Waals surface area contributed by atoms with E-state index in [1.165, 1.54) is 0 Å². The van der Waals surface area contributed by atoms with Crippen molar-refractivity contribution in [2.45, 2.75) is 10.7 Å². The van der Waals surface area contributed by atoms with Crippen LogP contribution in [0, 0.1) is 0 Å². The summed E-state index contributed by atoms with van der Waals surface area (Å²) >= 11 is 6.62. The Morgan fingerprint density at radius 1 is 1.44 bits per heavy atom. The monoisotopic (exact) mass is 252 g/mol. The Morgan fingerprint density at radius 2 is 2.22 bits per heavy atom. The van der Waals surface area contributed by atoms with Crippen LogP contribution in [0.4, 0.5) is 0 Å². The third-order valence-corrected chi connectivity index (χ3v) is 2.14. The lowest BCUT2D eigenvalue weighted by molar-refractivity contribution is 1.01. The lowest BCUT2D eigenvalue weighted by Crippen LogP contribution is -1.74. The van der Waals surface area contributed by atoms with Crippen LogP contribution in [0.5, 0.6) is 0 Å². The number of nitrogens with zero attached hydrogens (tertiary/aromatic N) is 1. The molecule has 0 unspecified atom stereocenters. The molecule has 1 aromatic heterocycles. The van der Waals surface area contributed by atoms with Gasteiger partial charge in [0, 0.05) is 16.4 Å². The largest absolute Gasteiger partial charge is 0.281 e. The van der Waals surface area contributed by atoms with Gasteiger partial charge in [0.1, 0.15) is 0 Å². The fraction of sp³-hybridized carbons (Fsp3) is 0.400. The fourth-order valence-electron chi connectivity index (χ4n) is 0.546. The van der Waals surface area contributed by atoms with Gasteiger partial charge in [-0.3, -0.25) is 5.10 Å². The van der Waals surface area contributed by atoms with Gasteiger partial charge in [-0.05, 0) is 6.07 Å². The van der Waals surface area contributed by atoms with Gasteiger partial charge in [0.25, 0.3) is 0 Å². The number of aromatic nitrogens is 2. The van der Waals surface area contributed by atoms with Gasteiger partial charge in [0.05, 0.1) is 5.69 Å². The number of nitrogens with one attached hydrogen (secondary N) is 1. The van der Waals surface area contributed by atoms with E-state index in [9.17, 15) is 0 Å². The molecule has 0 bridgehead atoms. The summed E-state index contributed by atoms with van der Waals surface area (Å²) in [5, 5.41) is 8.54. The third-order valence-electron chi connectivity index (χ3n) is 0.965. The predicted octanol–water partition coefficient (Wildman–Crippen LogP) is 2.20. The van der Waals surface area contributed by atoms with Crippen LogP contribution < -0.4 is 0 Å². The minimum Gasteiger partial charge on any atom is -0.281 e. The van der Waals surface area contributed by atoms with Gasteiger partial charge in [-0.2, -0.15) is 5.10 Å². The molecule has 50 valence electrons. The second kappa shape index (κ2) is 3.37. The van der Waals surface area contributed by atoms with Crippen LogP contribution >= 0.6 is 31.9 Å². The smallest absolute Gasteiger partial charge is 0.0730 e. The Morgan fingerprint density at radius 3 is 2.56 bits per heavy atom. The summed E-state index contributed by atoms with van der Waals surface area (Å²) in [7, 11) is 0. The molecule has 0 radical (unpaired) electrons. The maximum absolute atomic E-state index is 4.00. The quantitative estimate of drug-likeness (QED) is 0.805. The number of alkyl halides is 2. The topological polar surface area (TPSA) is 28.7 Å². The van der Waals surface area contributed by atoms with Crippen molar-refractivity contribution in [3.8, 4) is 0 Å². The van der Waals surface area contributed by atoms with E-state index in [1.54, 1.807) is 0 Å². The summed E-state index contributed by atoms with van der Waals surface area (Å²) in [5.74, 6) is 0. The van der Waals surface area contributed by atoms with Crippen LogP contribution in [0.3, 0.4) is 0 Å². The lowest BCUT2D eigenvalue weighted by atomic mass is 10.4. The van der Waals surface area contributed by atoms with E-state index in [0.29, 0.717) is 0 Å². The standard InChI is InChI=1S/C5H6Br2N2/c6-2-4-1-5(3-7)9-8-4/h1H,2-3H2,(H,8,9). The highest BCUT2D eigenvalue weighted by atomic mass is 79.9. The van der Waals surface area contributed by atoms with Crippen LogP contribution in [0.2, 0.25) is 0 Å². The second-order valence-electron chi connectivity index (χ2n) is 1.65. The Labute approximate surface area is 70.3 Å². The van der Waals surface area contributed by atoms with Gasteiger partial charge < -0.3 is 0 Å². The summed E-state index contributed by atoms with van der Waals surface area (Å²) in [5.41, 5.74) is 2.16. The molecule has 1 heterocycles. The summed E-state index contributed by atoms with van der Waals surface area (Å²) < 4.78 is 0. The fourth-order valence-corrected chi connectivity index (χ4v) is 1.12. The lowest BCUT2D eigenvalue weighted by Gasteiger charge is -1.79. The number of hydrogen-bond donors (Lipinski definition) is 1. The first-order chi connectivity index (χ1) is 4.36. The van der Waals surface area contributed by atoms with Crippen molar-refractivity contribution in [2.24, 2.45) is 0 Å². The molecule has 0 saturated carbocycles. The first-order valence-electron chi connectivity index (χ1n) is 2.52. The molecule has 9 heavy (non-hydrogen) atoms. The highest BCUT2D eigenvalue weighted by Crippen LogP contribution is 2.06. The molecular weight excluding hydrogens is 248 g/mol. The van der Waals surface area contributed by atoms with Gasteiger partial charge in [-0.15, -0.1) is 0 Å². The van der Waals surface area contributed by atoms with E-state index in [4.69, 9.17) is 0 Å². The van der Waals surface area contributed by atoms with Crippen LogP contribution in [-0.2, 0) is 10.7 Å². The van der Waals surface area contributed by atoms with Gasteiger partial charge in [-0.1, -0.05) is 31.9 Å². The van der Waals surface area contributed by atoms with E-state index in [2.05, 4.69) is 42.1 Å². The molecule has 1 rings (SSSR count). The Kier molecular flexibility index (Phi) is 2.72. The Hall–Kier alpha value is 0.170. The molecule has 0 aliphatic heterocycles. The van der Waals surface area contributed by atoms with Crippen molar-refractivity contribution in [1.82, 2.24) is 10.2 Å². The maximum atomic E-state index is 4.00. The molecule has 4 heteroatoms. The molecule has 0 spiro atoms. The van der Waals surface area contributed by atoms with Gasteiger partial charge in [0.2, 0.25) is 0 Å². The van der Waals surface area contributed by atoms with E-state index < -0.39 is 0 Å². The van der Waals surface area contributed by atoms with Crippen molar-refractivity contribution in [2.75, 3.05) is 0 Å². The van der Waals surface area contributed by atoms with Crippen molar-refractivity contribution in [3.63, 3.8) is 0 Å². The molecule has 0 saturated heterocycles. The molecule has 0 fully saturated rings. The number of halogens is 2. The normalized spacial score (nSPS) is 10.0. The summed E-state index contributed by atoms with van der Waals surface area (Å²) in [6, 6.07) is 2.02. The number of aromatic amines is 1.